The minimum Gasteiger partial charge on any atom is -0.480 e. The monoisotopic (exact) mass is 223 g/mol. The van der Waals surface area contributed by atoms with Crippen molar-refractivity contribution >= 4 is 16.0 Å². The van der Waals surface area contributed by atoms with Crippen LogP contribution in [0.2, 0.25) is 0 Å². The zero-order valence-electron chi connectivity index (χ0n) is 7.80. The van der Waals surface area contributed by atoms with Crippen molar-refractivity contribution in [3.8, 4) is 0 Å². The fraction of sp³-hybridized carbons (Fsp3) is 0.857. The van der Waals surface area contributed by atoms with Crippen LogP contribution in [0.3, 0.4) is 0 Å². The SMILES string of the molecule is CC(CO)(C(=O)O)N1CCCS1(=O)=O. The van der Waals surface area contributed by atoms with Gasteiger partial charge >= 0.3 is 5.97 Å². The summed E-state index contributed by atoms with van der Waals surface area (Å²) < 4.78 is 23.7. The normalized spacial score (nSPS) is 25.9. The van der Waals surface area contributed by atoms with Gasteiger partial charge in [0.15, 0.2) is 5.54 Å². The molecule has 0 aromatic carbocycles. The number of nitrogens with zero attached hydrogens (tertiary/aromatic N) is 1. The highest BCUT2D eigenvalue weighted by atomic mass is 32.2. The first kappa shape index (κ1) is 11.4. The van der Waals surface area contributed by atoms with E-state index in [1.165, 1.54) is 6.92 Å². The molecule has 0 saturated carbocycles. The second-order valence-corrected chi connectivity index (χ2v) is 5.49. The first-order chi connectivity index (χ1) is 6.34. The summed E-state index contributed by atoms with van der Waals surface area (Å²) in [5, 5.41) is 17.8. The number of aliphatic hydroxyl groups is 1. The van der Waals surface area contributed by atoms with Crippen molar-refractivity contribution in [1.29, 1.82) is 0 Å². The van der Waals surface area contributed by atoms with Gasteiger partial charge < -0.3 is 10.2 Å². The maximum absolute atomic E-state index is 11.4. The average molecular weight is 223 g/mol. The van der Waals surface area contributed by atoms with E-state index in [-0.39, 0.29) is 12.3 Å². The second kappa shape index (κ2) is 3.48. The van der Waals surface area contributed by atoms with Gasteiger partial charge in [-0.3, -0.25) is 4.79 Å². The number of aliphatic hydroxyl groups excluding tert-OH is 1. The Labute approximate surface area is 82.2 Å². The molecule has 2 N–H and O–H groups in total. The molecule has 1 heterocycles. The topological polar surface area (TPSA) is 94.9 Å². The number of rotatable bonds is 3. The molecule has 0 aromatic heterocycles. The van der Waals surface area contributed by atoms with Crippen LogP contribution in [0.1, 0.15) is 13.3 Å². The third-order valence-electron chi connectivity index (χ3n) is 2.42. The molecular formula is C7H13NO5S. The largest absolute Gasteiger partial charge is 0.480 e. The molecule has 0 aliphatic carbocycles. The molecule has 1 rings (SSSR count). The van der Waals surface area contributed by atoms with Gasteiger partial charge in [-0.2, -0.15) is 4.31 Å². The number of hydrogen-bond acceptors (Lipinski definition) is 4. The van der Waals surface area contributed by atoms with Crippen LogP contribution in [-0.2, 0) is 14.8 Å². The Hall–Kier alpha value is -0.660. The van der Waals surface area contributed by atoms with Crippen molar-refractivity contribution in [3.05, 3.63) is 0 Å². The van der Waals surface area contributed by atoms with Gasteiger partial charge in [0.05, 0.1) is 12.4 Å². The van der Waals surface area contributed by atoms with E-state index in [2.05, 4.69) is 0 Å². The molecule has 0 aromatic rings. The first-order valence-electron chi connectivity index (χ1n) is 4.19. The van der Waals surface area contributed by atoms with E-state index >= 15 is 0 Å². The number of carbonyl (C=O) groups is 1. The summed E-state index contributed by atoms with van der Waals surface area (Å²) in [6.45, 7) is 0.644. The summed E-state index contributed by atoms with van der Waals surface area (Å²) in [4.78, 5) is 10.9. The van der Waals surface area contributed by atoms with E-state index in [9.17, 15) is 13.2 Å². The van der Waals surface area contributed by atoms with Gasteiger partial charge in [-0.1, -0.05) is 0 Å². The molecule has 82 valence electrons. The minimum atomic E-state index is -3.51. The molecule has 0 bridgehead atoms. The number of aliphatic carboxylic acids is 1. The fourth-order valence-corrected chi connectivity index (χ4v) is 3.32. The predicted octanol–water partition coefficient (Wildman–Crippen LogP) is -1.14. The zero-order chi connectivity index (χ0) is 11.0. The van der Waals surface area contributed by atoms with E-state index in [1.54, 1.807) is 0 Å². The molecule has 1 aliphatic rings. The third-order valence-corrected chi connectivity index (χ3v) is 4.48. The van der Waals surface area contributed by atoms with Crippen LogP contribution in [0.4, 0.5) is 0 Å². The minimum absolute atomic E-state index is 0.0458. The Morgan fingerprint density at radius 3 is 2.43 bits per heavy atom. The number of carboxylic acid groups (broad SMARTS) is 1. The molecule has 6 nitrogen and oxygen atoms in total. The Morgan fingerprint density at radius 1 is 1.57 bits per heavy atom. The molecule has 1 fully saturated rings. The van der Waals surface area contributed by atoms with Gasteiger partial charge in [-0.25, -0.2) is 8.42 Å². The fourth-order valence-electron chi connectivity index (χ4n) is 1.45. The standard InChI is InChI=1S/C7H13NO5S/c1-7(5-9,6(10)11)8-3-2-4-14(8,12)13/h9H,2-5H2,1H3,(H,10,11). The molecule has 1 atom stereocenters. The van der Waals surface area contributed by atoms with Crippen molar-refractivity contribution < 1.29 is 23.4 Å². The summed E-state index contributed by atoms with van der Waals surface area (Å²) in [7, 11) is -3.51. The first-order valence-corrected chi connectivity index (χ1v) is 5.80. The Morgan fingerprint density at radius 2 is 2.14 bits per heavy atom. The number of carboxylic acids is 1. The lowest BCUT2D eigenvalue weighted by Gasteiger charge is -2.31. The zero-order valence-corrected chi connectivity index (χ0v) is 8.62. The third kappa shape index (κ3) is 1.62. The predicted molar refractivity (Wildman–Crippen MR) is 48.2 cm³/mol. The van der Waals surface area contributed by atoms with Crippen molar-refractivity contribution in [3.63, 3.8) is 0 Å². The van der Waals surface area contributed by atoms with Crippen LogP contribution >= 0.6 is 0 Å². The lowest BCUT2D eigenvalue weighted by Crippen LogP contribution is -2.55. The Bertz CT molecular complexity index is 338. The number of sulfonamides is 1. The Balaban J connectivity index is 3.08. The van der Waals surface area contributed by atoms with Crippen LogP contribution in [0.5, 0.6) is 0 Å². The van der Waals surface area contributed by atoms with Gasteiger partial charge in [0, 0.05) is 6.54 Å². The van der Waals surface area contributed by atoms with Crippen LogP contribution in [0.25, 0.3) is 0 Å². The van der Waals surface area contributed by atoms with E-state index in [0.29, 0.717) is 6.42 Å². The highest BCUT2D eigenvalue weighted by molar-refractivity contribution is 7.89. The van der Waals surface area contributed by atoms with Crippen LogP contribution in [0, 0.1) is 0 Å². The molecule has 1 unspecified atom stereocenters. The lowest BCUT2D eigenvalue weighted by molar-refractivity contribution is -0.149. The molecule has 0 spiro atoms. The number of hydrogen-bond donors (Lipinski definition) is 2. The van der Waals surface area contributed by atoms with E-state index in [4.69, 9.17) is 10.2 Å². The van der Waals surface area contributed by atoms with Gasteiger partial charge in [-0.05, 0) is 13.3 Å². The van der Waals surface area contributed by atoms with Gasteiger partial charge in [0.2, 0.25) is 10.0 Å². The van der Waals surface area contributed by atoms with Crippen molar-refractivity contribution in [1.82, 2.24) is 4.31 Å². The van der Waals surface area contributed by atoms with E-state index < -0.39 is 28.1 Å². The molecule has 1 saturated heterocycles. The molecule has 7 heteroatoms. The summed E-state index contributed by atoms with van der Waals surface area (Å²) in [5.74, 6) is -1.37. The van der Waals surface area contributed by atoms with Crippen molar-refractivity contribution in [2.24, 2.45) is 0 Å². The van der Waals surface area contributed by atoms with E-state index in [1.807, 2.05) is 0 Å². The highest BCUT2D eigenvalue weighted by Gasteiger charge is 2.47. The highest BCUT2D eigenvalue weighted by Crippen LogP contribution is 2.25. The Kier molecular flexibility index (Phi) is 2.84. The maximum Gasteiger partial charge on any atom is 0.327 e. The van der Waals surface area contributed by atoms with Crippen LogP contribution in [-0.4, -0.2) is 53.3 Å². The molecule has 1 aliphatic heterocycles. The summed E-state index contributed by atoms with van der Waals surface area (Å²) in [6, 6.07) is 0. The lowest BCUT2D eigenvalue weighted by atomic mass is 10.0. The van der Waals surface area contributed by atoms with Crippen molar-refractivity contribution in [2.75, 3.05) is 18.9 Å². The van der Waals surface area contributed by atoms with Crippen LogP contribution < -0.4 is 0 Å². The quantitative estimate of drug-likeness (QED) is 0.630. The van der Waals surface area contributed by atoms with Gasteiger partial charge in [0.25, 0.3) is 0 Å². The summed E-state index contributed by atoms with van der Waals surface area (Å²) in [6.07, 6.45) is 0.408. The van der Waals surface area contributed by atoms with Crippen LogP contribution in [0.15, 0.2) is 0 Å². The molecular weight excluding hydrogens is 210 g/mol. The van der Waals surface area contributed by atoms with Gasteiger partial charge in [-0.15, -0.1) is 0 Å². The summed E-state index contributed by atoms with van der Waals surface area (Å²) in [5.41, 5.74) is -1.73. The molecule has 0 amide bonds. The van der Waals surface area contributed by atoms with Crippen molar-refractivity contribution in [2.45, 2.75) is 18.9 Å². The summed E-state index contributed by atoms with van der Waals surface area (Å²) >= 11 is 0. The molecule has 0 radical (unpaired) electrons. The second-order valence-electron chi connectivity index (χ2n) is 3.48. The maximum atomic E-state index is 11.4. The smallest absolute Gasteiger partial charge is 0.327 e. The van der Waals surface area contributed by atoms with E-state index in [0.717, 1.165) is 4.31 Å². The molecule has 14 heavy (non-hydrogen) atoms. The van der Waals surface area contributed by atoms with Gasteiger partial charge in [0.1, 0.15) is 0 Å². The average Bonchev–Trinajstić information content (AvgIpc) is 2.44.